The quantitative estimate of drug-likeness (QED) is 0.828. The van der Waals surface area contributed by atoms with Crippen LogP contribution in [-0.4, -0.2) is 37.1 Å². The van der Waals surface area contributed by atoms with E-state index in [1.165, 1.54) is 0 Å². The number of rotatable bonds is 3. The standard InChI is InChI=1S/C14H18N2O2/c1-12(16-7-9-18-10-8-16)11-14(17)15-13-5-3-2-4-6-13/h2-6,11H,7-10H2,1H3,(H,15,17)/b12-11+. The third-order valence-corrected chi connectivity index (χ3v) is 2.89. The molecule has 0 aromatic heterocycles. The van der Waals surface area contributed by atoms with Crippen LogP contribution in [0, 0.1) is 0 Å². The van der Waals surface area contributed by atoms with E-state index < -0.39 is 0 Å². The number of amides is 1. The van der Waals surface area contributed by atoms with Gasteiger partial charge in [0.05, 0.1) is 13.2 Å². The van der Waals surface area contributed by atoms with Gasteiger partial charge < -0.3 is 15.0 Å². The predicted octanol–water partition coefficient (Wildman–Crippen LogP) is 1.86. The Morgan fingerprint density at radius 3 is 2.61 bits per heavy atom. The highest BCUT2D eigenvalue weighted by molar-refractivity contribution is 5.99. The minimum atomic E-state index is -0.0924. The second-order valence-electron chi connectivity index (χ2n) is 4.24. The molecule has 0 saturated carbocycles. The lowest BCUT2D eigenvalue weighted by Crippen LogP contribution is -2.35. The number of carbonyl (C=O) groups excluding carboxylic acids is 1. The van der Waals surface area contributed by atoms with Crippen molar-refractivity contribution in [2.24, 2.45) is 0 Å². The highest BCUT2D eigenvalue weighted by Crippen LogP contribution is 2.09. The highest BCUT2D eigenvalue weighted by atomic mass is 16.5. The molecular formula is C14H18N2O2. The molecule has 1 amide bonds. The summed E-state index contributed by atoms with van der Waals surface area (Å²) in [7, 11) is 0. The summed E-state index contributed by atoms with van der Waals surface area (Å²) < 4.78 is 5.28. The first-order valence-corrected chi connectivity index (χ1v) is 6.13. The minimum absolute atomic E-state index is 0.0924. The van der Waals surface area contributed by atoms with Crippen molar-refractivity contribution in [1.82, 2.24) is 4.90 Å². The van der Waals surface area contributed by atoms with Crippen LogP contribution in [0.1, 0.15) is 6.92 Å². The summed E-state index contributed by atoms with van der Waals surface area (Å²) in [5, 5.41) is 2.84. The molecule has 4 heteroatoms. The lowest BCUT2D eigenvalue weighted by molar-refractivity contribution is -0.112. The molecule has 1 aliphatic heterocycles. The van der Waals surface area contributed by atoms with E-state index in [0.717, 1.165) is 37.7 Å². The molecule has 1 heterocycles. The number of hydrogen-bond acceptors (Lipinski definition) is 3. The van der Waals surface area contributed by atoms with Crippen LogP contribution in [0.3, 0.4) is 0 Å². The highest BCUT2D eigenvalue weighted by Gasteiger charge is 2.11. The van der Waals surface area contributed by atoms with E-state index in [2.05, 4.69) is 10.2 Å². The van der Waals surface area contributed by atoms with E-state index in [9.17, 15) is 4.79 Å². The molecule has 0 radical (unpaired) electrons. The number of carbonyl (C=O) groups is 1. The van der Waals surface area contributed by atoms with Gasteiger partial charge in [0.15, 0.2) is 0 Å². The Hall–Kier alpha value is -1.81. The Balaban J connectivity index is 1.93. The lowest BCUT2D eigenvalue weighted by Gasteiger charge is -2.29. The van der Waals surface area contributed by atoms with E-state index in [4.69, 9.17) is 4.74 Å². The number of anilines is 1. The lowest BCUT2D eigenvalue weighted by atomic mass is 10.3. The van der Waals surface area contributed by atoms with Gasteiger partial charge in [-0.1, -0.05) is 18.2 Å². The smallest absolute Gasteiger partial charge is 0.250 e. The number of nitrogens with one attached hydrogen (secondary N) is 1. The van der Waals surface area contributed by atoms with E-state index in [0.29, 0.717) is 0 Å². The van der Waals surface area contributed by atoms with Gasteiger partial charge in [-0.2, -0.15) is 0 Å². The molecule has 4 nitrogen and oxygen atoms in total. The largest absolute Gasteiger partial charge is 0.378 e. The van der Waals surface area contributed by atoms with Gasteiger partial charge in [-0.05, 0) is 19.1 Å². The van der Waals surface area contributed by atoms with Crippen LogP contribution in [0.15, 0.2) is 42.1 Å². The Bertz CT molecular complexity index is 423. The zero-order chi connectivity index (χ0) is 12.8. The second-order valence-corrected chi connectivity index (χ2v) is 4.24. The number of morpholine rings is 1. The summed E-state index contributed by atoms with van der Waals surface area (Å²) in [6.07, 6.45) is 1.64. The van der Waals surface area contributed by atoms with E-state index >= 15 is 0 Å². The molecule has 1 fully saturated rings. The first-order chi connectivity index (χ1) is 8.75. The number of para-hydroxylation sites is 1. The molecular weight excluding hydrogens is 228 g/mol. The van der Waals surface area contributed by atoms with Gasteiger partial charge in [-0.3, -0.25) is 4.79 Å². The molecule has 1 aromatic carbocycles. The van der Waals surface area contributed by atoms with Crippen LogP contribution in [0.5, 0.6) is 0 Å². The molecule has 0 aliphatic carbocycles. The molecule has 1 aromatic rings. The van der Waals surface area contributed by atoms with Gasteiger partial charge in [0.25, 0.3) is 0 Å². The van der Waals surface area contributed by atoms with Crippen molar-refractivity contribution in [2.45, 2.75) is 6.92 Å². The van der Waals surface area contributed by atoms with E-state index in [1.807, 2.05) is 37.3 Å². The molecule has 1 aliphatic rings. The summed E-state index contributed by atoms with van der Waals surface area (Å²) in [6, 6.07) is 9.46. The third-order valence-electron chi connectivity index (χ3n) is 2.89. The van der Waals surface area contributed by atoms with Gasteiger partial charge in [-0.25, -0.2) is 0 Å². The number of allylic oxidation sites excluding steroid dienone is 1. The van der Waals surface area contributed by atoms with Crippen LogP contribution < -0.4 is 5.32 Å². The first-order valence-electron chi connectivity index (χ1n) is 6.13. The molecule has 0 spiro atoms. The fourth-order valence-electron chi connectivity index (χ4n) is 1.90. The maximum absolute atomic E-state index is 11.8. The molecule has 96 valence electrons. The van der Waals surface area contributed by atoms with Gasteiger partial charge in [0.1, 0.15) is 0 Å². The van der Waals surface area contributed by atoms with Crippen molar-refractivity contribution in [2.75, 3.05) is 31.6 Å². The molecule has 0 unspecified atom stereocenters. The molecule has 1 saturated heterocycles. The Kier molecular flexibility index (Phi) is 4.36. The minimum Gasteiger partial charge on any atom is -0.378 e. The Morgan fingerprint density at radius 1 is 1.28 bits per heavy atom. The second kappa shape index (κ2) is 6.21. The zero-order valence-electron chi connectivity index (χ0n) is 10.6. The summed E-state index contributed by atoms with van der Waals surface area (Å²) in [4.78, 5) is 14.0. The fraction of sp³-hybridized carbons (Fsp3) is 0.357. The number of benzene rings is 1. The average molecular weight is 246 g/mol. The molecule has 1 N–H and O–H groups in total. The Labute approximate surface area is 107 Å². The van der Waals surface area contributed by atoms with Crippen molar-refractivity contribution in [3.63, 3.8) is 0 Å². The maximum Gasteiger partial charge on any atom is 0.250 e. The van der Waals surface area contributed by atoms with Crippen LogP contribution in [0.2, 0.25) is 0 Å². The Morgan fingerprint density at radius 2 is 1.94 bits per heavy atom. The normalized spacial score (nSPS) is 16.5. The van der Waals surface area contributed by atoms with Gasteiger partial charge in [-0.15, -0.1) is 0 Å². The van der Waals surface area contributed by atoms with Gasteiger partial charge in [0.2, 0.25) is 5.91 Å². The van der Waals surface area contributed by atoms with Crippen molar-refractivity contribution in [1.29, 1.82) is 0 Å². The summed E-state index contributed by atoms with van der Waals surface area (Å²) >= 11 is 0. The molecule has 2 rings (SSSR count). The summed E-state index contributed by atoms with van der Waals surface area (Å²) in [5.74, 6) is -0.0924. The van der Waals surface area contributed by atoms with Crippen molar-refractivity contribution in [3.8, 4) is 0 Å². The van der Waals surface area contributed by atoms with Crippen molar-refractivity contribution in [3.05, 3.63) is 42.1 Å². The van der Waals surface area contributed by atoms with Crippen LogP contribution in [0.4, 0.5) is 5.69 Å². The fourth-order valence-corrected chi connectivity index (χ4v) is 1.90. The monoisotopic (exact) mass is 246 g/mol. The predicted molar refractivity (Wildman–Crippen MR) is 71.2 cm³/mol. The van der Waals surface area contributed by atoms with E-state index in [-0.39, 0.29) is 5.91 Å². The topological polar surface area (TPSA) is 41.6 Å². The molecule has 18 heavy (non-hydrogen) atoms. The first kappa shape index (κ1) is 12.6. The molecule has 0 atom stereocenters. The zero-order valence-corrected chi connectivity index (χ0v) is 10.6. The number of hydrogen-bond donors (Lipinski definition) is 1. The maximum atomic E-state index is 11.8. The van der Waals surface area contributed by atoms with E-state index in [1.54, 1.807) is 6.08 Å². The van der Waals surface area contributed by atoms with Gasteiger partial charge >= 0.3 is 0 Å². The number of nitrogens with zero attached hydrogens (tertiary/aromatic N) is 1. The van der Waals surface area contributed by atoms with Crippen LogP contribution in [0.25, 0.3) is 0 Å². The number of ether oxygens (including phenoxy) is 1. The SMILES string of the molecule is C/C(=C\C(=O)Nc1ccccc1)N1CCOCC1. The average Bonchev–Trinajstić information content (AvgIpc) is 2.40. The van der Waals surface area contributed by atoms with Gasteiger partial charge in [0, 0.05) is 30.5 Å². The third kappa shape index (κ3) is 3.60. The van der Waals surface area contributed by atoms with Crippen LogP contribution >= 0.6 is 0 Å². The van der Waals surface area contributed by atoms with Crippen molar-refractivity contribution < 1.29 is 9.53 Å². The summed E-state index contributed by atoms with van der Waals surface area (Å²) in [5.41, 5.74) is 1.79. The van der Waals surface area contributed by atoms with Crippen LogP contribution in [-0.2, 0) is 9.53 Å². The summed E-state index contributed by atoms with van der Waals surface area (Å²) in [6.45, 7) is 5.11. The molecule has 0 bridgehead atoms. The van der Waals surface area contributed by atoms with Crippen molar-refractivity contribution >= 4 is 11.6 Å².